The molecule has 1 aromatic rings. The van der Waals surface area contributed by atoms with Crippen molar-refractivity contribution in [3.63, 3.8) is 0 Å². The summed E-state index contributed by atoms with van der Waals surface area (Å²) in [6.07, 6.45) is 3.92. The minimum absolute atomic E-state index is 0.635. The van der Waals surface area contributed by atoms with Gasteiger partial charge in [0.1, 0.15) is 11.6 Å². The lowest BCUT2D eigenvalue weighted by molar-refractivity contribution is 0.0922. The molecule has 4 heteroatoms. The van der Waals surface area contributed by atoms with Crippen LogP contribution >= 0.6 is 0 Å². The lowest BCUT2D eigenvalue weighted by atomic mass is 9.97. The summed E-state index contributed by atoms with van der Waals surface area (Å²) in [6, 6.07) is 3.28. The molecule has 0 bridgehead atoms. The zero-order valence-electron chi connectivity index (χ0n) is 12.6. The zero-order chi connectivity index (χ0) is 13.8. The van der Waals surface area contributed by atoms with Gasteiger partial charge >= 0.3 is 0 Å². The van der Waals surface area contributed by atoms with E-state index in [-0.39, 0.29) is 0 Å². The molecule has 1 fully saturated rings. The van der Waals surface area contributed by atoms with Gasteiger partial charge in [0.25, 0.3) is 0 Å². The Labute approximate surface area is 116 Å². The fourth-order valence-electron chi connectivity index (χ4n) is 2.92. The van der Waals surface area contributed by atoms with Crippen LogP contribution in [0.4, 0.5) is 5.82 Å². The largest absolute Gasteiger partial charge is 0.370 e. The predicted octanol–water partition coefficient (Wildman–Crippen LogP) is 2.98. The van der Waals surface area contributed by atoms with Gasteiger partial charge in [-0.1, -0.05) is 6.42 Å². The summed E-state index contributed by atoms with van der Waals surface area (Å²) in [7, 11) is 0. The molecule has 0 aromatic carbocycles. The van der Waals surface area contributed by atoms with E-state index in [2.05, 4.69) is 41.0 Å². The van der Waals surface area contributed by atoms with Crippen LogP contribution in [-0.4, -0.2) is 33.5 Å². The van der Waals surface area contributed by atoms with Crippen LogP contribution in [0.5, 0.6) is 0 Å². The average molecular weight is 262 g/mol. The first-order valence-corrected chi connectivity index (χ1v) is 7.44. The van der Waals surface area contributed by atoms with Gasteiger partial charge in [0, 0.05) is 30.4 Å². The second kappa shape index (κ2) is 6.33. The molecular formula is C15H26N4. The van der Waals surface area contributed by atoms with Gasteiger partial charge in [0.2, 0.25) is 0 Å². The number of hydrogen-bond donors (Lipinski definition) is 1. The summed E-state index contributed by atoms with van der Waals surface area (Å²) in [5.74, 6) is 1.89. The number of nitrogens with one attached hydrogen (secondary N) is 1. The van der Waals surface area contributed by atoms with Crippen molar-refractivity contribution in [3.8, 4) is 0 Å². The molecule has 1 saturated heterocycles. The molecule has 0 radical (unpaired) electrons. The standard InChI is InChI=1S/C15H26N4/c1-5-16-14-9-11(2)17-15(18-14)10-19-12(3)7-6-8-13(19)4/h9,12-13H,5-8,10H2,1-4H3,(H,16,17,18). The van der Waals surface area contributed by atoms with Crippen molar-refractivity contribution in [2.75, 3.05) is 11.9 Å². The van der Waals surface area contributed by atoms with Crippen molar-refractivity contribution in [1.29, 1.82) is 0 Å². The Morgan fingerprint density at radius 3 is 2.58 bits per heavy atom. The number of nitrogens with zero attached hydrogens (tertiary/aromatic N) is 3. The lowest BCUT2D eigenvalue weighted by Gasteiger charge is -2.38. The van der Waals surface area contributed by atoms with Crippen molar-refractivity contribution >= 4 is 5.82 Å². The highest BCUT2D eigenvalue weighted by Gasteiger charge is 2.25. The third-order valence-electron chi connectivity index (χ3n) is 3.96. The highest BCUT2D eigenvalue weighted by Crippen LogP contribution is 2.24. The van der Waals surface area contributed by atoms with Crippen molar-refractivity contribution in [1.82, 2.24) is 14.9 Å². The van der Waals surface area contributed by atoms with Crippen LogP contribution in [-0.2, 0) is 6.54 Å². The summed E-state index contributed by atoms with van der Waals surface area (Å²) in [4.78, 5) is 11.7. The Balaban J connectivity index is 2.13. The topological polar surface area (TPSA) is 41.1 Å². The zero-order valence-corrected chi connectivity index (χ0v) is 12.6. The Bertz CT molecular complexity index is 409. The number of anilines is 1. The van der Waals surface area contributed by atoms with Crippen molar-refractivity contribution in [3.05, 3.63) is 17.6 Å². The van der Waals surface area contributed by atoms with E-state index in [0.717, 1.165) is 30.4 Å². The molecule has 2 atom stereocenters. The fourth-order valence-corrected chi connectivity index (χ4v) is 2.92. The van der Waals surface area contributed by atoms with Gasteiger partial charge in [0.15, 0.2) is 0 Å². The van der Waals surface area contributed by atoms with Crippen LogP contribution in [0.1, 0.15) is 51.6 Å². The Morgan fingerprint density at radius 2 is 1.95 bits per heavy atom. The third kappa shape index (κ3) is 3.66. The Morgan fingerprint density at radius 1 is 1.26 bits per heavy atom. The lowest BCUT2D eigenvalue weighted by Crippen LogP contribution is -2.43. The van der Waals surface area contributed by atoms with E-state index in [0.29, 0.717) is 12.1 Å². The van der Waals surface area contributed by atoms with E-state index in [1.54, 1.807) is 0 Å². The van der Waals surface area contributed by atoms with Crippen LogP contribution in [0, 0.1) is 6.92 Å². The molecule has 1 aliphatic rings. The van der Waals surface area contributed by atoms with Crippen molar-refractivity contribution in [2.24, 2.45) is 0 Å². The van der Waals surface area contributed by atoms with Gasteiger partial charge in [-0.3, -0.25) is 4.90 Å². The number of aryl methyl sites for hydroxylation is 1. The van der Waals surface area contributed by atoms with Crippen LogP contribution < -0.4 is 5.32 Å². The first-order valence-electron chi connectivity index (χ1n) is 7.44. The van der Waals surface area contributed by atoms with Gasteiger partial charge in [-0.05, 0) is 40.5 Å². The number of hydrogen-bond acceptors (Lipinski definition) is 4. The van der Waals surface area contributed by atoms with Crippen LogP contribution in [0.15, 0.2) is 6.07 Å². The second-order valence-corrected chi connectivity index (χ2v) is 5.64. The van der Waals surface area contributed by atoms with E-state index in [1.807, 2.05) is 13.0 Å². The molecule has 1 aliphatic heterocycles. The highest BCUT2D eigenvalue weighted by molar-refractivity contribution is 5.35. The molecule has 0 aliphatic carbocycles. The van der Waals surface area contributed by atoms with E-state index < -0.39 is 0 Å². The molecule has 1 N–H and O–H groups in total. The third-order valence-corrected chi connectivity index (χ3v) is 3.96. The minimum Gasteiger partial charge on any atom is -0.370 e. The van der Waals surface area contributed by atoms with Crippen LogP contribution in [0.2, 0.25) is 0 Å². The van der Waals surface area contributed by atoms with E-state index in [1.165, 1.54) is 19.3 Å². The molecule has 1 aromatic heterocycles. The number of piperidine rings is 1. The SMILES string of the molecule is CCNc1cc(C)nc(CN2C(C)CCCC2C)n1. The summed E-state index contributed by atoms with van der Waals surface area (Å²) in [6.45, 7) is 10.5. The van der Waals surface area contributed by atoms with Gasteiger partial charge < -0.3 is 5.32 Å². The first kappa shape index (κ1) is 14.3. The molecule has 2 heterocycles. The quantitative estimate of drug-likeness (QED) is 0.905. The highest BCUT2D eigenvalue weighted by atomic mass is 15.2. The molecule has 0 saturated carbocycles. The molecule has 2 unspecified atom stereocenters. The molecular weight excluding hydrogens is 236 g/mol. The molecule has 19 heavy (non-hydrogen) atoms. The summed E-state index contributed by atoms with van der Waals surface area (Å²) >= 11 is 0. The van der Waals surface area contributed by atoms with E-state index in [9.17, 15) is 0 Å². The van der Waals surface area contributed by atoms with Gasteiger partial charge in [-0.15, -0.1) is 0 Å². The number of rotatable bonds is 4. The van der Waals surface area contributed by atoms with Gasteiger partial charge in [-0.25, -0.2) is 9.97 Å². The minimum atomic E-state index is 0.635. The van der Waals surface area contributed by atoms with Crippen LogP contribution in [0.25, 0.3) is 0 Å². The van der Waals surface area contributed by atoms with Gasteiger partial charge in [0.05, 0.1) is 6.54 Å². The maximum atomic E-state index is 4.62. The summed E-state index contributed by atoms with van der Waals surface area (Å²) < 4.78 is 0. The van der Waals surface area contributed by atoms with Gasteiger partial charge in [-0.2, -0.15) is 0 Å². The van der Waals surface area contributed by atoms with E-state index >= 15 is 0 Å². The molecule has 0 amide bonds. The summed E-state index contributed by atoms with van der Waals surface area (Å²) in [5, 5.41) is 3.28. The molecule has 106 valence electrons. The normalized spacial score (nSPS) is 24.4. The first-order chi connectivity index (χ1) is 9.10. The predicted molar refractivity (Wildman–Crippen MR) is 79.3 cm³/mol. The summed E-state index contributed by atoms with van der Waals surface area (Å²) in [5.41, 5.74) is 1.04. The van der Waals surface area contributed by atoms with Crippen molar-refractivity contribution < 1.29 is 0 Å². The maximum Gasteiger partial charge on any atom is 0.144 e. The number of aromatic nitrogens is 2. The average Bonchev–Trinajstić information content (AvgIpc) is 2.34. The smallest absolute Gasteiger partial charge is 0.144 e. The van der Waals surface area contributed by atoms with Crippen LogP contribution in [0.3, 0.4) is 0 Å². The molecule has 2 rings (SSSR count). The van der Waals surface area contributed by atoms with Crippen molar-refractivity contribution in [2.45, 2.75) is 65.6 Å². The number of likely N-dealkylation sites (tertiary alicyclic amines) is 1. The molecule has 4 nitrogen and oxygen atoms in total. The monoisotopic (exact) mass is 262 g/mol. The Hall–Kier alpha value is -1.16. The molecule has 0 spiro atoms. The maximum absolute atomic E-state index is 4.62. The second-order valence-electron chi connectivity index (χ2n) is 5.64. The fraction of sp³-hybridized carbons (Fsp3) is 0.733. The Kier molecular flexibility index (Phi) is 4.75. The van der Waals surface area contributed by atoms with E-state index in [4.69, 9.17) is 0 Å².